The number of hydrogen-bond acceptors (Lipinski definition) is 3. The first-order valence-electron chi connectivity index (χ1n) is 6.33. The van der Waals surface area contributed by atoms with E-state index in [0.29, 0.717) is 11.8 Å². The van der Waals surface area contributed by atoms with Gasteiger partial charge in [-0.25, -0.2) is 4.98 Å². The summed E-state index contributed by atoms with van der Waals surface area (Å²) in [6, 6.07) is 0. The second kappa shape index (κ2) is 5.00. The number of hydrogen-bond donors (Lipinski definition) is 1. The van der Waals surface area contributed by atoms with Gasteiger partial charge in [0.05, 0.1) is 5.69 Å². The van der Waals surface area contributed by atoms with E-state index >= 15 is 0 Å². The van der Waals surface area contributed by atoms with E-state index in [9.17, 15) is 0 Å². The molecule has 90 valence electrons. The molecule has 0 amide bonds. The summed E-state index contributed by atoms with van der Waals surface area (Å²) in [5, 5.41) is 3.43. The topological polar surface area (TPSA) is 38.1 Å². The molecule has 0 spiro atoms. The van der Waals surface area contributed by atoms with Gasteiger partial charge in [-0.15, -0.1) is 0 Å². The third kappa shape index (κ3) is 2.64. The van der Waals surface area contributed by atoms with Crippen molar-refractivity contribution in [2.24, 2.45) is 5.92 Å². The van der Waals surface area contributed by atoms with Crippen molar-refractivity contribution in [2.45, 2.75) is 46.0 Å². The summed E-state index contributed by atoms with van der Waals surface area (Å²) in [4.78, 5) is 4.67. The lowest BCUT2D eigenvalue weighted by Gasteiger charge is -2.21. The Bertz CT molecular complexity index is 338. The molecular formula is C13H22N2O. The molecule has 0 radical (unpaired) electrons. The Labute approximate surface area is 97.6 Å². The van der Waals surface area contributed by atoms with Crippen molar-refractivity contribution < 1.29 is 4.42 Å². The molecule has 1 aliphatic rings. The van der Waals surface area contributed by atoms with Crippen LogP contribution in [0.2, 0.25) is 0 Å². The SMILES string of the molecule is Cc1oc(CC(C)C)nc1C1CCCNC1. The van der Waals surface area contributed by atoms with E-state index in [1.165, 1.54) is 18.5 Å². The average Bonchev–Trinajstić information content (AvgIpc) is 2.60. The van der Waals surface area contributed by atoms with E-state index in [1.807, 2.05) is 6.92 Å². The van der Waals surface area contributed by atoms with Gasteiger partial charge < -0.3 is 9.73 Å². The maximum absolute atomic E-state index is 5.74. The summed E-state index contributed by atoms with van der Waals surface area (Å²) in [5.41, 5.74) is 1.18. The largest absolute Gasteiger partial charge is 0.446 e. The molecule has 3 nitrogen and oxygen atoms in total. The van der Waals surface area contributed by atoms with Crippen LogP contribution in [-0.4, -0.2) is 18.1 Å². The lowest BCUT2D eigenvalue weighted by Crippen LogP contribution is -2.28. The summed E-state index contributed by atoms with van der Waals surface area (Å²) >= 11 is 0. The van der Waals surface area contributed by atoms with Crippen LogP contribution in [0.3, 0.4) is 0 Å². The van der Waals surface area contributed by atoms with Gasteiger partial charge in [-0.05, 0) is 32.2 Å². The molecule has 3 heteroatoms. The number of piperidine rings is 1. The molecule has 1 aliphatic heterocycles. The highest BCUT2D eigenvalue weighted by Crippen LogP contribution is 2.26. The molecule has 2 rings (SSSR count). The molecule has 16 heavy (non-hydrogen) atoms. The number of rotatable bonds is 3. The van der Waals surface area contributed by atoms with E-state index in [2.05, 4.69) is 24.1 Å². The third-order valence-electron chi connectivity index (χ3n) is 3.14. The van der Waals surface area contributed by atoms with Crippen LogP contribution in [0.5, 0.6) is 0 Å². The lowest BCUT2D eigenvalue weighted by molar-refractivity contribution is 0.433. The molecule has 1 aromatic rings. The zero-order chi connectivity index (χ0) is 11.5. The molecule has 0 bridgehead atoms. The fourth-order valence-electron chi connectivity index (χ4n) is 2.37. The minimum absolute atomic E-state index is 0.554. The van der Waals surface area contributed by atoms with Gasteiger partial charge in [0, 0.05) is 18.9 Å². The van der Waals surface area contributed by atoms with E-state index in [0.717, 1.165) is 31.2 Å². The van der Waals surface area contributed by atoms with Gasteiger partial charge in [0.1, 0.15) is 5.76 Å². The van der Waals surface area contributed by atoms with Crippen LogP contribution in [-0.2, 0) is 6.42 Å². The molecule has 1 N–H and O–H groups in total. The second-order valence-corrected chi connectivity index (χ2v) is 5.19. The smallest absolute Gasteiger partial charge is 0.194 e. The Morgan fingerprint density at radius 1 is 1.50 bits per heavy atom. The third-order valence-corrected chi connectivity index (χ3v) is 3.14. The molecular weight excluding hydrogens is 200 g/mol. The van der Waals surface area contributed by atoms with E-state index in [1.54, 1.807) is 0 Å². The highest BCUT2D eigenvalue weighted by atomic mass is 16.4. The Balaban J connectivity index is 2.10. The van der Waals surface area contributed by atoms with Crippen LogP contribution in [0.1, 0.15) is 50.0 Å². The van der Waals surface area contributed by atoms with Crippen LogP contribution >= 0.6 is 0 Å². The summed E-state index contributed by atoms with van der Waals surface area (Å²) in [6.45, 7) is 8.63. The lowest BCUT2D eigenvalue weighted by atomic mass is 9.95. The summed E-state index contributed by atoms with van der Waals surface area (Å²) < 4.78 is 5.74. The maximum atomic E-state index is 5.74. The molecule has 0 aliphatic carbocycles. The van der Waals surface area contributed by atoms with Crippen molar-refractivity contribution in [1.29, 1.82) is 0 Å². The highest BCUT2D eigenvalue weighted by molar-refractivity contribution is 5.15. The van der Waals surface area contributed by atoms with Crippen molar-refractivity contribution in [2.75, 3.05) is 13.1 Å². The van der Waals surface area contributed by atoms with Crippen molar-refractivity contribution in [1.82, 2.24) is 10.3 Å². The first-order chi connectivity index (χ1) is 7.66. The fourth-order valence-corrected chi connectivity index (χ4v) is 2.37. The predicted molar refractivity (Wildman–Crippen MR) is 64.6 cm³/mol. The van der Waals surface area contributed by atoms with E-state index in [4.69, 9.17) is 4.42 Å². The maximum Gasteiger partial charge on any atom is 0.194 e. The van der Waals surface area contributed by atoms with Gasteiger partial charge in [-0.1, -0.05) is 13.8 Å². The van der Waals surface area contributed by atoms with Crippen molar-refractivity contribution in [3.63, 3.8) is 0 Å². The first kappa shape index (κ1) is 11.6. The Hall–Kier alpha value is -0.830. The van der Waals surface area contributed by atoms with Gasteiger partial charge in [0.25, 0.3) is 0 Å². The Kier molecular flexibility index (Phi) is 3.64. The van der Waals surface area contributed by atoms with Gasteiger partial charge >= 0.3 is 0 Å². The molecule has 1 aromatic heterocycles. The highest BCUT2D eigenvalue weighted by Gasteiger charge is 2.22. The van der Waals surface area contributed by atoms with Crippen LogP contribution in [0, 0.1) is 12.8 Å². The number of aryl methyl sites for hydroxylation is 1. The minimum atomic E-state index is 0.554. The van der Waals surface area contributed by atoms with Crippen LogP contribution in [0.15, 0.2) is 4.42 Å². The standard InChI is InChI=1S/C13H22N2O/c1-9(2)7-12-15-13(10(3)16-12)11-5-4-6-14-8-11/h9,11,14H,4-8H2,1-3H3. The zero-order valence-corrected chi connectivity index (χ0v) is 10.5. The molecule has 1 fully saturated rings. The van der Waals surface area contributed by atoms with Crippen LogP contribution < -0.4 is 5.32 Å². The van der Waals surface area contributed by atoms with Crippen molar-refractivity contribution in [3.05, 3.63) is 17.3 Å². The molecule has 1 atom stereocenters. The van der Waals surface area contributed by atoms with Crippen molar-refractivity contribution >= 4 is 0 Å². The predicted octanol–water partition coefficient (Wildman–Crippen LogP) is 2.65. The van der Waals surface area contributed by atoms with Crippen LogP contribution in [0.4, 0.5) is 0 Å². The van der Waals surface area contributed by atoms with Gasteiger partial charge in [0.15, 0.2) is 5.89 Å². The minimum Gasteiger partial charge on any atom is -0.446 e. The summed E-state index contributed by atoms with van der Waals surface area (Å²) in [6.07, 6.45) is 3.43. The quantitative estimate of drug-likeness (QED) is 0.854. The fraction of sp³-hybridized carbons (Fsp3) is 0.769. The number of nitrogens with one attached hydrogen (secondary N) is 1. The molecule has 0 aromatic carbocycles. The zero-order valence-electron chi connectivity index (χ0n) is 10.5. The molecule has 0 saturated carbocycles. The first-order valence-corrected chi connectivity index (χ1v) is 6.33. The normalized spacial score (nSPS) is 21.6. The Morgan fingerprint density at radius 3 is 2.94 bits per heavy atom. The Morgan fingerprint density at radius 2 is 2.31 bits per heavy atom. The average molecular weight is 222 g/mol. The van der Waals surface area contributed by atoms with Gasteiger partial charge in [-0.2, -0.15) is 0 Å². The summed E-state index contributed by atoms with van der Waals surface area (Å²) in [7, 11) is 0. The number of aromatic nitrogens is 1. The van der Waals surface area contributed by atoms with Crippen molar-refractivity contribution in [3.8, 4) is 0 Å². The molecule has 1 unspecified atom stereocenters. The van der Waals surface area contributed by atoms with Crippen LogP contribution in [0.25, 0.3) is 0 Å². The monoisotopic (exact) mass is 222 g/mol. The van der Waals surface area contributed by atoms with Gasteiger partial charge in [0.2, 0.25) is 0 Å². The summed E-state index contributed by atoms with van der Waals surface area (Å²) in [5.74, 6) is 3.09. The van der Waals surface area contributed by atoms with Gasteiger partial charge in [-0.3, -0.25) is 0 Å². The molecule has 1 saturated heterocycles. The second-order valence-electron chi connectivity index (χ2n) is 5.19. The number of oxazole rings is 1. The molecule has 2 heterocycles. The van der Waals surface area contributed by atoms with E-state index < -0.39 is 0 Å². The van der Waals surface area contributed by atoms with E-state index in [-0.39, 0.29) is 0 Å². The number of nitrogens with zero attached hydrogens (tertiary/aromatic N) is 1.